The van der Waals surface area contributed by atoms with Crippen molar-refractivity contribution in [2.45, 2.75) is 24.8 Å². The van der Waals surface area contributed by atoms with E-state index >= 15 is 0 Å². The monoisotopic (exact) mass is 457 g/mol. The number of hydrogen-bond acceptors (Lipinski definition) is 5. The molecule has 1 fully saturated rings. The molecular weight excluding hydrogens is 438 g/mol. The fourth-order valence-corrected chi connectivity index (χ4v) is 4.69. The van der Waals surface area contributed by atoms with E-state index in [1.807, 2.05) is 29.6 Å². The lowest BCUT2D eigenvalue weighted by Crippen LogP contribution is -2.50. The van der Waals surface area contributed by atoms with E-state index in [2.05, 4.69) is 43.3 Å². The summed E-state index contributed by atoms with van der Waals surface area (Å²) >= 11 is 5.07. The molecule has 1 N–H and O–H groups in total. The van der Waals surface area contributed by atoms with E-state index in [0.717, 1.165) is 39.1 Å². The number of nitrogens with zero attached hydrogens (tertiary/aromatic N) is 2. The summed E-state index contributed by atoms with van der Waals surface area (Å²) in [6.45, 7) is 1.27. The number of benzene rings is 1. The highest BCUT2D eigenvalue weighted by Gasteiger charge is 2.36. The minimum Gasteiger partial charge on any atom is -0.381 e. The number of carbonyl (C=O) groups is 1. The van der Waals surface area contributed by atoms with Crippen LogP contribution in [0.15, 0.2) is 58.6 Å². The zero-order valence-electron chi connectivity index (χ0n) is 15.2. The number of hydrogen-bond donors (Lipinski definition) is 1. The minimum atomic E-state index is -0.401. The van der Waals surface area contributed by atoms with Gasteiger partial charge in [-0.15, -0.1) is 11.3 Å². The van der Waals surface area contributed by atoms with Gasteiger partial charge in [-0.2, -0.15) is 0 Å². The third kappa shape index (κ3) is 4.32. The highest BCUT2D eigenvalue weighted by molar-refractivity contribution is 9.10. The third-order valence-electron chi connectivity index (χ3n) is 4.90. The van der Waals surface area contributed by atoms with Crippen LogP contribution in [0.1, 0.15) is 24.1 Å². The topological polar surface area (TPSA) is 64.1 Å². The molecule has 3 heterocycles. The molecule has 7 heteroatoms. The van der Waals surface area contributed by atoms with Crippen LogP contribution in [-0.4, -0.2) is 29.1 Å². The molecule has 5 nitrogen and oxygen atoms in total. The zero-order valence-corrected chi connectivity index (χ0v) is 17.6. The van der Waals surface area contributed by atoms with Crippen LogP contribution in [0.25, 0.3) is 10.6 Å². The van der Waals surface area contributed by atoms with Crippen molar-refractivity contribution < 1.29 is 9.53 Å². The molecule has 1 aliphatic heterocycles. The van der Waals surface area contributed by atoms with Gasteiger partial charge in [-0.05, 0) is 42.7 Å². The van der Waals surface area contributed by atoms with Crippen molar-refractivity contribution in [3.05, 3.63) is 69.9 Å². The first-order valence-electron chi connectivity index (χ1n) is 9.14. The summed E-state index contributed by atoms with van der Waals surface area (Å²) in [7, 11) is 0. The Kier molecular flexibility index (Phi) is 5.85. The lowest BCUT2D eigenvalue weighted by atomic mass is 9.82. The summed E-state index contributed by atoms with van der Waals surface area (Å²) in [5.41, 5.74) is 2.45. The van der Waals surface area contributed by atoms with Crippen LogP contribution in [0.3, 0.4) is 0 Å². The molecule has 1 aliphatic rings. The second kappa shape index (κ2) is 8.51. The van der Waals surface area contributed by atoms with Crippen LogP contribution in [0, 0.1) is 0 Å². The maximum atomic E-state index is 12.9. The SMILES string of the molecule is O=C(Cc1csc(-c2cccnc2)n1)NC1(c2cccc(Br)c2)CCOCC1. The Hall–Kier alpha value is -2.09. The van der Waals surface area contributed by atoms with E-state index in [9.17, 15) is 4.79 Å². The molecule has 2 aromatic heterocycles. The van der Waals surface area contributed by atoms with Crippen LogP contribution in [0.5, 0.6) is 0 Å². The maximum absolute atomic E-state index is 12.9. The van der Waals surface area contributed by atoms with Crippen LogP contribution in [-0.2, 0) is 21.5 Å². The van der Waals surface area contributed by atoms with Gasteiger partial charge < -0.3 is 10.1 Å². The van der Waals surface area contributed by atoms with Gasteiger partial charge in [-0.25, -0.2) is 4.98 Å². The molecule has 0 bridgehead atoms. The molecule has 4 rings (SSSR count). The number of nitrogens with one attached hydrogen (secondary N) is 1. The van der Waals surface area contributed by atoms with E-state index in [4.69, 9.17) is 4.74 Å². The molecule has 1 amide bonds. The van der Waals surface area contributed by atoms with Gasteiger partial charge in [0.2, 0.25) is 5.91 Å². The number of amides is 1. The van der Waals surface area contributed by atoms with Crippen molar-refractivity contribution in [2.24, 2.45) is 0 Å². The summed E-state index contributed by atoms with van der Waals surface area (Å²) in [5, 5.41) is 6.11. The van der Waals surface area contributed by atoms with Crippen LogP contribution in [0.4, 0.5) is 0 Å². The first kappa shape index (κ1) is 19.2. The highest BCUT2D eigenvalue weighted by Crippen LogP contribution is 2.33. The molecule has 1 saturated heterocycles. The number of thiazole rings is 1. The smallest absolute Gasteiger partial charge is 0.226 e. The minimum absolute atomic E-state index is 0.0232. The molecule has 28 heavy (non-hydrogen) atoms. The fraction of sp³-hybridized carbons (Fsp3) is 0.286. The van der Waals surface area contributed by atoms with Crippen molar-refractivity contribution >= 4 is 33.2 Å². The highest BCUT2D eigenvalue weighted by atomic mass is 79.9. The summed E-state index contributed by atoms with van der Waals surface area (Å²) in [5.74, 6) is -0.0232. The van der Waals surface area contributed by atoms with Gasteiger partial charge >= 0.3 is 0 Å². The van der Waals surface area contributed by atoms with Gasteiger partial charge in [0.05, 0.1) is 17.7 Å². The predicted molar refractivity (Wildman–Crippen MR) is 113 cm³/mol. The Bertz CT molecular complexity index is 955. The second-order valence-corrected chi connectivity index (χ2v) is 8.59. The van der Waals surface area contributed by atoms with E-state index in [-0.39, 0.29) is 12.3 Å². The number of carbonyl (C=O) groups excluding carboxylic acids is 1. The zero-order chi connectivity index (χ0) is 19.4. The van der Waals surface area contributed by atoms with Gasteiger partial charge in [0.15, 0.2) is 0 Å². The molecule has 0 radical (unpaired) electrons. The van der Waals surface area contributed by atoms with Gasteiger partial charge in [0.25, 0.3) is 0 Å². The first-order chi connectivity index (χ1) is 13.6. The van der Waals surface area contributed by atoms with Crippen LogP contribution in [0.2, 0.25) is 0 Å². The Labute approximate surface area is 176 Å². The number of halogens is 1. The molecule has 1 aromatic carbocycles. The molecular formula is C21H20BrN3O2S. The lowest BCUT2D eigenvalue weighted by molar-refractivity contribution is -0.123. The van der Waals surface area contributed by atoms with E-state index in [1.54, 1.807) is 12.4 Å². The second-order valence-electron chi connectivity index (χ2n) is 6.82. The van der Waals surface area contributed by atoms with Crippen molar-refractivity contribution in [3.63, 3.8) is 0 Å². The Morgan fingerprint density at radius 3 is 2.86 bits per heavy atom. The average Bonchev–Trinajstić information content (AvgIpc) is 3.17. The predicted octanol–water partition coefficient (Wildman–Crippen LogP) is 4.33. The maximum Gasteiger partial charge on any atom is 0.226 e. The molecule has 3 aromatic rings. The van der Waals surface area contributed by atoms with E-state index in [1.165, 1.54) is 11.3 Å². The number of ether oxygens (including phenoxy) is 1. The first-order valence-corrected chi connectivity index (χ1v) is 10.8. The summed E-state index contributed by atoms with van der Waals surface area (Å²) < 4.78 is 6.55. The van der Waals surface area contributed by atoms with Gasteiger partial charge in [0.1, 0.15) is 5.01 Å². The Morgan fingerprint density at radius 1 is 1.25 bits per heavy atom. The van der Waals surface area contributed by atoms with Crippen LogP contribution >= 0.6 is 27.3 Å². The Morgan fingerprint density at radius 2 is 2.11 bits per heavy atom. The van der Waals surface area contributed by atoms with E-state index < -0.39 is 5.54 Å². The third-order valence-corrected chi connectivity index (χ3v) is 6.34. The van der Waals surface area contributed by atoms with Gasteiger partial charge in [-0.3, -0.25) is 9.78 Å². The molecule has 0 unspecified atom stereocenters. The summed E-state index contributed by atoms with van der Waals surface area (Å²) in [6.07, 6.45) is 5.29. The molecule has 0 atom stereocenters. The van der Waals surface area contributed by atoms with Gasteiger partial charge in [0, 0.05) is 41.0 Å². The summed E-state index contributed by atoms with van der Waals surface area (Å²) in [4.78, 5) is 21.6. The molecule has 0 spiro atoms. The molecule has 0 aliphatic carbocycles. The number of aromatic nitrogens is 2. The quantitative estimate of drug-likeness (QED) is 0.618. The largest absolute Gasteiger partial charge is 0.381 e. The number of rotatable bonds is 5. The standard InChI is InChI=1S/C21H20BrN3O2S/c22-17-5-1-4-16(11-17)21(6-9-27-10-7-21)25-19(26)12-18-14-28-20(24-18)15-3-2-8-23-13-15/h1-5,8,11,13-14H,6-7,9-10,12H2,(H,25,26). The summed E-state index contributed by atoms with van der Waals surface area (Å²) in [6, 6.07) is 12.0. The normalized spacial score (nSPS) is 15.9. The Balaban J connectivity index is 1.50. The molecule has 144 valence electrons. The van der Waals surface area contributed by atoms with E-state index in [0.29, 0.717) is 13.2 Å². The van der Waals surface area contributed by atoms with Crippen LogP contribution < -0.4 is 5.32 Å². The van der Waals surface area contributed by atoms with Crippen molar-refractivity contribution in [3.8, 4) is 10.6 Å². The average molecular weight is 458 g/mol. The van der Waals surface area contributed by atoms with Gasteiger partial charge in [-0.1, -0.05) is 28.1 Å². The fourth-order valence-electron chi connectivity index (χ4n) is 3.48. The number of pyridine rings is 1. The van der Waals surface area contributed by atoms with Crippen molar-refractivity contribution in [2.75, 3.05) is 13.2 Å². The van der Waals surface area contributed by atoms with Crippen molar-refractivity contribution in [1.82, 2.24) is 15.3 Å². The van der Waals surface area contributed by atoms with Crippen molar-refractivity contribution in [1.29, 1.82) is 0 Å². The molecule has 0 saturated carbocycles. The lowest BCUT2D eigenvalue weighted by Gasteiger charge is -2.38.